The quantitative estimate of drug-likeness (QED) is 0.675. The third-order valence-electron chi connectivity index (χ3n) is 2.66. The van der Waals surface area contributed by atoms with Crippen molar-refractivity contribution in [2.75, 3.05) is 5.73 Å². The highest BCUT2D eigenvalue weighted by Crippen LogP contribution is 2.28. The topological polar surface area (TPSA) is 134 Å². The predicted octanol–water partition coefficient (Wildman–Crippen LogP) is 2.58. The Morgan fingerprint density at radius 3 is 2.24 bits per heavy atom. The lowest BCUT2D eigenvalue weighted by molar-refractivity contribution is -0.385. The van der Waals surface area contributed by atoms with Crippen molar-refractivity contribution in [3.05, 3.63) is 56.1 Å². The number of hydrogen-bond acceptors (Lipinski definition) is 7. The van der Waals surface area contributed by atoms with E-state index in [0.717, 1.165) is 0 Å². The Labute approximate surface area is 118 Å². The minimum absolute atomic E-state index is 0.0291. The molecule has 0 unspecified atom stereocenters. The molecule has 0 bridgehead atoms. The minimum atomic E-state index is -0.651. The van der Waals surface area contributed by atoms with Crippen molar-refractivity contribution in [3.8, 4) is 11.6 Å². The summed E-state index contributed by atoms with van der Waals surface area (Å²) in [6.45, 7) is 1.57. The maximum absolute atomic E-state index is 10.7. The van der Waals surface area contributed by atoms with Crippen LogP contribution in [0.1, 0.15) is 5.56 Å². The highest BCUT2D eigenvalue weighted by molar-refractivity contribution is 5.54. The average molecular weight is 290 g/mol. The number of nitrogen functional groups attached to an aromatic ring is 1. The molecule has 0 fully saturated rings. The van der Waals surface area contributed by atoms with Gasteiger partial charge in [-0.2, -0.15) is 4.98 Å². The van der Waals surface area contributed by atoms with Crippen LogP contribution in [0, 0.1) is 27.2 Å². The second kappa shape index (κ2) is 5.41. The molecule has 0 amide bonds. The van der Waals surface area contributed by atoms with Gasteiger partial charge in [0.1, 0.15) is 5.75 Å². The molecule has 1 heterocycles. The summed E-state index contributed by atoms with van der Waals surface area (Å²) in [4.78, 5) is 23.9. The molecule has 9 nitrogen and oxygen atoms in total. The number of hydrogen-bond donors (Lipinski definition) is 1. The smallest absolute Gasteiger partial charge is 0.311 e. The van der Waals surface area contributed by atoms with E-state index in [0.29, 0.717) is 11.3 Å². The first-order valence-electron chi connectivity index (χ1n) is 5.72. The molecule has 2 N–H and O–H groups in total. The SMILES string of the molecule is Cc1cc(Oc2ccc([N+](=O)[O-])c(N)n2)ccc1[N+](=O)[O-]. The number of nitro benzene ring substituents is 1. The van der Waals surface area contributed by atoms with Gasteiger partial charge < -0.3 is 10.5 Å². The van der Waals surface area contributed by atoms with Crippen molar-refractivity contribution in [1.82, 2.24) is 4.98 Å². The summed E-state index contributed by atoms with van der Waals surface area (Å²) in [6, 6.07) is 6.66. The van der Waals surface area contributed by atoms with Crippen LogP contribution in [0.15, 0.2) is 30.3 Å². The van der Waals surface area contributed by atoms with Gasteiger partial charge in [0, 0.05) is 23.8 Å². The lowest BCUT2D eigenvalue weighted by Gasteiger charge is -2.06. The highest BCUT2D eigenvalue weighted by Gasteiger charge is 2.15. The number of aryl methyl sites for hydroxylation is 1. The number of benzene rings is 1. The van der Waals surface area contributed by atoms with Gasteiger partial charge in [-0.25, -0.2) is 0 Å². The van der Waals surface area contributed by atoms with Gasteiger partial charge in [-0.3, -0.25) is 20.2 Å². The average Bonchev–Trinajstić information content (AvgIpc) is 2.37. The standard InChI is InChI=1S/C12H10N4O5/c1-7-6-8(2-3-9(7)15(17)18)21-11-5-4-10(16(19)20)12(13)14-11/h2-6H,1H3,(H2,13,14). The summed E-state index contributed by atoms with van der Waals surface area (Å²) in [5, 5.41) is 21.3. The van der Waals surface area contributed by atoms with E-state index in [1.165, 1.54) is 30.3 Å². The Hall–Kier alpha value is -3.23. The van der Waals surface area contributed by atoms with E-state index in [4.69, 9.17) is 10.5 Å². The largest absolute Gasteiger partial charge is 0.439 e. The highest BCUT2D eigenvalue weighted by atomic mass is 16.6. The Morgan fingerprint density at radius 2 is 1.71 bits per heavy atom. The Bertz CT molecular complexity index is 670. The van der Waals surface area contributed by atoms with Crippen molar-refractivity contribution < 1.29 is 14.6 Å². The molecule has 1 aromatic carbocycles. The molecule has 108 valence electrons. The van der Waals surface area contributed by atoms with Crippen molar-refractivity contribution >= 4 is 17.2 Å². The Balaban J connectivity index is 2.26. The molecule has 0 saturated heterocycles. The van der Waals surface area contributed by atoms with Crippen molar-refractivity contribution in [3.63, 3.8) is 0 Å². The van der Waals surface area contributed by atoms with Gasteiger partial charge in [-0.15, -0.1) is 0 Å². The molecule has 0 radical (unpaired) electrons. The zero-order valence-electron chi connectivity index (χ0n) is 10.8. The molecule has 0 atom stereocenters. The lowest BCUT2D eigenvalue weighted by atomic mass is 10.2. The van der Waals surface area contributed by atoms with Gasteiger partial charge in [0.25, 0.3) is 5.69 Å². The van der Waals surface area contributed by atoms with E-state index in [-0.39, 0.29) is 23.1 Å². The first-order chi connectivity index (χ1) is 9.88. The van der Waals surface area contributed by atoms with E-state index in [1.807, 2.05) is 0 Å². The zero-order chi connectivity index (χ0) is 15.6. The van der Waals surface area contributed by atoms with Gasteiger partial charge in [-0.05, 0) is 19.1 Å². The van der Waals surface area contributed by atoms with Crippen LogP contribution in [-0.4, -0.2) is 14.8 Å². The van der Waals surface area contributed by atoms with Crippen molar-refractivity contribution in [2.24, 2.45) is 0 Å². The number of rotatable bonds is 4. The van der Waals surface area contributed by atoms with Crippen LogP contribution in [0.5, 0.6) is 11.6 Å². The predicted molar refractivity (Wildman–Crippen MR) is 73.2 cm³/mol. The van der Waals surface area contributed by atoms with Crippen LogP contribution in [0.25, 0.3) is 0 Å². The van der Waals surface area contributed by atoms with Gasteiger partial charge >= 0.3 is 5.69 Å². The van der Waals surface area contributed by atoms with Crippen LogP contribution < -0.4 is 10.5 Å². The van der Waals surface area contributed by atoms with Crippen LogP contribution in [0.4, 0.5) is 17.2 Å². The van der Waals surface area contributed by atoms with Crippen molar-refractivity contribution in [2.45, 2.75) is 6.92 Å². The number of nitrogens with two attached hydrogens (primary N) is 1. The van der Waals surface area contributed by atoms with Gasteiger partial charge in [0.05, 0.1) is 9.85 Å². The molecule has 2 aromatic rings. The first-order valence-corrected chi connectivity index (χ1v) is 5.72. The number of anilines is 1. The fourth-order valence-corrected chi connectivity index (χ4v) is 1.68. The van der Waals surface area contributed by atoms with Gasteiger partial charge in [-0.1, -0.05) is 0 Å². The molecule has 0 aliphatic carbocycles. The molecule has 0 saturated carbocycles. The molecule has 9 heteroatoms. The molecule has 1 aromatic heterocycles. The van der Waals surface area contributed by atoms with Gasteiger partial charge in [0.2, 0.25) is 11.7 Å². The molecule has 2 rings (SSSR count). The number of nitro groups is 2. The number of pyridine rings is 1. The fraction of sp³-hybridized carbons (Fsp3) is 0.0833. The second-order valence-electron chi connectivity index (χ2n) is 4.12. The molecule has 21 heavy (non-hydrogen) atoms. The molecule has 0 spiro atoms. The Kier molecular flexibility index (Phi) is 3.65. The monoisotopic (exact) mass is 290 g/mol. The van der Waals surface area contributed by atoms with Gasteiger partial charge in [0.15, 0.2) is 0 Å². The summed E-state index contributed by atoms with van der Waals surface area (Å²) in [5.74, 6) is 0.112. The number of nitrogens with zero attached hydrogens (tertiary/aromatic N) is 3. The Morgan fingerprint density at radius 1 is 1.10 bits per heavy atom. The maximum Gasteiger partial charge on any atom is 0.311 e. The molecule has 0 aliphatic rings. The summed E-state index contributed by atoms with van der Waals surface area (Å²) < 4.78 is 5.37. The fourth-order valence-electron chi connectivity index (χ4n) is 1.68. The summed E-state index contributed by atoms with van der Waals surface area (Å²) in [5.41, 5.74) is 5.52. The molecule has 0 aliphatic heterocycles. The van der Waals surface area contributed by atoms with E-state index in [9.17, 15) is 20.2 Å². The number of ether oxygens (including phenoxy) is 1. The van der Waals surface area contributed by atoms with Crippen LogP contribution in [0.3, 0.4) is 0 Å². The third-order valence-corrected chi connectivity index (χ3v) is 2.66. The van der Waals surface area contributed by atoms with E-state index in [2.05, 4.69) is 4.98 Å². The minimum Gasteiger partial charge on any atom is -0.439 e. The van der Waals surface area contributed by atoms with E-state index < -0.39 is 9.85 Å². The van der Waals surface area contributed by atoms with Crippen LogP contribution in [-0.2, 0) is 0 Å². The molecular weight excluding hydrogens is 280 g/mol. The first kappa shape index (κ1) is 14.2. The summed E-state index contributed by atoms with van der Waals surface area (Å²) in [6.07, 6.45) is 0. The summed E-state index contributed by atoms with van der Waals surface area (Å²) in [7, 11) is 0. The maximum atomic E-state index is 10.7. The van der Waals surface area contributed by atoms with E-state index >= 15 is 0 Å². The third kappa shape index (κ3) is 3.03. The zero-order valence-corrected chi connectivity index (χ0v) is 10.8. The summed E-state index contributed by atoms with van der Waals surface area (Å²) >= 11 is 0. The number of aromatic nitrogens is 1. The lowest BCUT2D eigenvalue weighted by Crippen LogP contribution is -2.00. The normalized spacial score (nSPS) is 10.1. The molecular formula is C12H10N4O5. The van der Waals surface area contributed by atoms with Crippen molar-refractivity contribution in [1.29, 1.82) is 0 Å². The second-order valence-corrected chi connectivity index (χ2v) is 4.12. The van der Waals surface area contributed by atoms with E-state index in [1.54, 1.807) is 6.92 Å². The van der Waals surface area contributed by atoms with Crippen LogP contribution >= 0.6 is 0 Å². The van der Waals surface area contributed by atoms with Crippen LogP contribution in [0.2, 0.25) is 0 Å².